The summed E-state index contributed by atoms with van der Waals surface area (Å²) in [4.78, 5) is 25.3. The summed E-state index contributed by atoms with van der Waals surface area (Å²) < 4.78 is 3.18. The van der Waals surface area contributed by atoms with Gasteiger partial charge in [0.15, 0.2) is 5.13 Å². The van der Waals surface area contributed by atoms with Crippen molar-refractivity contribution in [3.05, 3.63) is 71.8 Å². The zero-order chi connectivity index (χ0) is 22.5. The number of hydrogen-bond acceptors (Lipinski definition) is 5. The van der Waals surface area contributed by atoms with Crippen LogP contribution in [-0.2, 0) is 11.3 Å². The minimum atomic E-state index is 0.128. The molecule has 32 heavy (non-hydrogen) atoms. The van der Waals surface area contributed by atoms with Crippen molar-refractivity contribution in [3.8, 4) is 0 Å². The molecular formula is C25H28N4OS2. The molecule has 2 aromatic heterocycles. The Bertz CT molecular complexity index is 1180. The lowest BCUT2D eigenvalue weighted by atomic mass is 10.1. The van der Waals surface area contributed by atoms with Crippen LogP contribution in [0.5, 0.6) is 0 Å². The van der Waals surface area contributed by atoms with Gasteiger partial charge in [0, 0.05) is 42.6 Å². The Morgan fingerprint density at radius 3 is 2.69 bits per heavy atom. The first kappa shape index (κ1) is 22.6. The number of anilines is 1. The smallest absolute Gasteiger partial charge is 0.229 e. The molecule has 166 valence electrons. The van der Waals surface area contributed by atoms with Crippen LogP contribution in [0.25, 0.3) is 10.2 Å². The average Bonchev–Trinajstić information content (AvgIpc) is 3.42. The third-order valence-corrected chi connectivity index (χ3v) is 7.35. The first-order valence-electron chi connectivity index (χ1n) is 10.8. The quantitative estimate of drug-likeness (QED) is 0.284. The van der Waals surface area contributed by atoms with Crippen molar-refractivity contribution >= 4 is 44.4 Å². The first-order valence-corrected chi connectivity index (χ1v) is 12.6. The largest absolute Gasteiger partial charge is 0.337 e. The molecule has 0 bridgehead atoms. The molecule has 0 aliphatic rings. The van der Waals surface area contributed by atoms with Crippen molar-refractivity contribution in [2.24, 2.45) is 0 Å². The number of amides is 1. The second-order valence-corrected chi connectivity index (χ2v) is 10.2. The van der Waals surface area contributed by atoms with Gasteiger partial charge in [-0.25, -0.2) is 9.97 Å². The molecule has 0 atom stereocenters. The second kappa shape index (κ2) is 10.3. The molecule has 0 N–H and O–H groups in total. The van der Waals surface area contributed by atoms with E-state index in [0.29, 0.717) is 13.0 Å². The van der Waals surface area contributed by atoms with Gasteiger partial charge in [0.1, 0.15) is 0 Å². The SMILES string of the molecule is Cc1ccc(SCCC(=O)N(CCCn2ccnc2)c2nc3c(C)cc(C)cc3s2)cc1. The van der Waals surface area contributed by atoms with Crippen LogP contribution >= 0.6 is 23.1 Å². The first-order chi connectivity index (χ1) is 15.5. The summed E-state index contributed by atoms with van der Waals surface area (Å²) in [6.45, 7) is 7.74. The molecule has 0 saturated carbocycles. The molecule has 0 saturated heterocycles. The van der Waals surface area contributed by atoms with Crippen LogP contribution in [0, 0.1) is 20.8 Å². The van der Waals surface area contributed by atoms with Crippen LogP contribution in [0.3, 0.4) is 0 Å². The number of fused-ring (bicyclic) bond motifs is 1. The number of carbonyl (C=O) groups is 1. The number of thiazole rings is 1. The fraction of sp³-hybridized carbons (Fsp3) is 0.320. The number of aromatic nitrogens is 3. The van der Waals surface area contributed by atoms with Crippen LogP contribution in [0.2, 0.25) is 0 Å². The number of carbonyl (C=O) groups excluding carboxylic acids is 1. The third kappa shape index (κ3) is 5.58. The van der Waals surface area contributed by atoms with Gasteiger partial charge in [0.05, 0.1) is 16.5 Å². The summed E-state index contributed by atoms with van der Waals surface area (Å²) in [5.41, 5.74) is 4.62. The number of aryl methyl sites for hydroxylation is 4. The maximum atomic E-state index is 13.3. The molecule has 0 radical (unpaired) electrons. The topological polar surface area (TPSA) is 51.0 Å². The van der Waals surface area contributed by atoms with Crippen molar-refractivity contribution in [2.75, 3.05) is 17.2 Å². The minimum Gasteiger partial charge on any atom is -0.337 e. The van der Waals surface area contributed by atoms with E-state index >= 15 is 0 Å². The van der Waals surface area contributed by atoms with E-state index in [2.05, 4.69) is 62.2 Å². The minimum absolute atomic E-state index is 0.128. The van der Waals surface area contributed by atoms with E-state index in [0.717, 1.165) is 39.6 Å². The number of thioether (sulfide) groups is 1. The van der Waals surface area contributed by atoms with E-state index in [1.165, 1.54) is 16.0 Å². The van der Waals surface area contributed by atoms with Crippen LogP contribution in [0.15, 0.2) is 60.0 Å². The summed E-state index contributed by atoms with van der Waals surface area (Å²) in [7, 11) is 0. The molecule has 0 aliphatic carbocycles. The van der Waals surface area contributed by atoms with E-state index in [1.54, 1.807) is 29.3 Å². The lowest BCUT2D eigenvalue weighted by molar-refractivity contribution is -0.118. The molecule has 4 rings (SSSR count). The predicted molar refractivity (Wildman–Crippen MR) is 135 cm³/mol. The van der Waals surface area contributed by atoms with Crippen molar-refractivity contribution in [1.29, 1.82) is 0 Å². The Labute approximate surface area is 197 Å². The number of rotatable bonds is 9. The van der Waals surface area contributed by atoms with Gasteiger partial charge in [-0.2, -0.15) is 0 Å². The van der Waals surface area contributed by atoms with E-state index in [1.807, 2.05) is 22.0 Å². The molecule has 2 aromatic carbocycles. The zero-order valence-corrected chi connectivity index (χ0v) is 20.4. The normalized spacial score (nSPS) is 11.2. The lowest BCUT2D eigenvalue weighted by Crippen LogP contribution is -2.32. The summed E-state index contributed by atoms with van der Waals surface area (Å²) in [5, 5.41) is 0.796. The van der Waals surface area contributed by atoms with Gasteiger partial charge < -0.3 is 4.57 Å². The highest BCUT2D eigenvalue weighted by Crippen LogP contribution is 2.32. The van der Waals surface area contributed by atoms with E-state index < -0.39 is 0 Å². The lowest BCUT2D eigenvalue weighted by Gasteiger charge is -2.20. The summed E-state index contributed by atoms with van der Waals surface area (Å²) >= 11 is 3.33. The Morgan fingerprint density at radius 2 is 1.94 bits per heavy atom. The summed E-state index contributed by atoms with van der Waals surface area (Å²) in [5.74, 6) is 0.881. The predicted octanol–water partition coefficient (Wildman–Crippen LogP) is 6.02. The Balaban J connectivity index is 1.48. The maximum absolute atomic E-state index is 13.3. The molecular weight excluding hydrogens is 436 g/mol. The number of nitrogens with zero attached hydrogens (tertiary/aromatic N) is 4. The summed E-state index contributed by atoms with van der Waals surface area (Å²) in [6, 6.07) is 12.8. The Hall–Kier alpha value is -2.64. The fourth-order valence-electron chi connectivity index (χ4n) is 3.66. The Kier molecular flexibility index (Phi) is 7.27. The van der Waals surface area contributed by atoms with Gasteiger partial charge in [0.25, 0.3) is 0 Å². The van der Waals surface area contributed by atoms with Gasteiger partial charge in [-0.1, -0.05) is 35.1 Å². The molecule has 1 amide bonds. The molecule has 0 fully saturated rings. The van der Waals surface area contributed by atoms with Crippen LogP contribution < -0.4 is 4.90 Å². The monoisotopic (exact) mass is 464 g/mol. The average molecular weight is 465 g/mol. The number of imidazole rings is 1. The standard InChI is InChI=1S/C25H28N4OS2/c1-18-5-7-21(8-6-18)31-14-9-23(30)29(12-4-11-28-13-10-26-17-28)25-27-24-20(3)15-19(2)16-22(24)32-25/h5-8,10,13,15-17H,4,9,11-12,14H2,1-3H3. The zero-order valence-electron chi connectivity index (χ0n) is 18.7. The summed E-state index contributed by atoms with van der Waals surface area (Å²) in [6.07, 6.45) is 6.88. The van der Waals surface area contributed by atoms with E-state index in [9.17, 15) is 4.79 Å². The fourth-order valence-corrected chi connectivity index (χ4v) is 5.68. The molecule has 0 aliphatic heterocycles. The van der Waals surface area contributed by atoms with E-state index in [4.69, 9.17) is 4.98 Å². The molecule has 7 heteroatoms. The number of hydrogen-bond donors (Lipinski definition) is 0. The molecule has 0 spiro atoms. The van der Waals surface area contributed by atoms with Gasteiger partial charge in [-0.3, -0.25) is 9.69 Å². The van der Waals surface area contributed by atoms with Crippen molar-refractivity contribution in [1.82, 2.24) is 14.5 Å². The van der Waals surface area contributed by atoms with Gasteiger partial charge in [0.2, 0.25) is 5.91 Å². The van der Waals surface area contributed by atoms with Crippen molar-refractivity contribution < 1.29 is 4.79 Å². The third-order valence-electron chi connectivity index (χ3n) is 5.31. The molecule has 4 aromatic rings. The Morgan fingerprint density at radius 1 is 1.12 bits per heavy atom. The molecule has 5 nitrogen and oxygen atoms in total. The van der Waals surface area contributed by atoms with Crippen molar-refractivity contribution in [2.45, 2.75) is 45.1 Å². The van der Waals surface area contributed by atoms with Gasteiger partial charge in [-0.15, -0.1) is 11.8 Å². The van der Waals surface area contributed by atoms with Crippen LogP contribution in [0.4, 0.5) is 5.13 Å². The highest BCUT2D eigenvalue weighted by atomic mass is 32.2. The van der Waals surface area contributed by atoms with Crippen LogP contribution in [-0.4, -0.2) is 32.7 Å². The number of benzene rings is 2. The molecule has 2 heterocycles. The molecule has 0 unspecified atom stereocenters. The van der Waals surface area contributed by atoms with Crippen LogP contribution in [0.1, 0.15) is 29.5 Å². The van der Waals surface area contributed by atoms with E-state index in [-0.39, 0.29) is 5.91 Å². The maximum Gasteiger partial charge on any atom is 0.229 e. The van der Waals surface area contributed by atoms with Gasteiger partial charge >= 0.3 is 0 Å². The van der Waals surface area contributed by atoms with Crippen molar-refractivity contribution in [3.63, 3.8) is 0 Å². The van der Waals surface area contributed by atoms with Gasteiger partial charge in [-0.05, 0) is 56.5 Å². The second-order valence-electron chi connectivity index (χ2n) is 8.04. The highest BCUT2D eigenvalue weighted by molar-refractivity contribution is 7.99. The highest BCUT2D eigenvalue weighted by Gasteiger charge is 2.20.